The normalized spacial score (nSPS) is 25.8. The van der Waals surface area contributed by atoms with E-state index >= 15 is 0 Å². The van der Waals surface area contributed by atoms with E-state index in [4.69, 9.17) is 0 Å². The number of rotatable bonds is 4. The smallest absolute Gasteiger partial charge is 0.0484 e. The fourth-order valence-electron chi connectivity index (χ4n) is 3.04. The molecule has 0 radical (unpaired) electrons. The standard InChI is InChI=1S/C14H23BrN2S/c1-10(2)17-6-4-5-11(8-16-3)14(17)13-7-12(15)9-18-13/h7,9-11,14,16H,4-6,8H2,1-3H3. The molecule has 0 saturated carbocycles. The van der Waals surface area contributed by atoms with Crippen LogP contribution in [0, 0.1) is 5.92 Å². The molecule has 1 aliphatic rings. The Balaban J connectivity index is 2.26. The zero-order chi connectivity index (χ0) is 13.1. The molecule has 1 aromatic heterocycles. The van der Waals surface area contributed by atoms with Crippen LogP contribution in [0.3, 0.4) is 0 Å². The molecule has 2 heterocycles. The van der Waals surface area contributed by atoms with Crippen molar-refractivity contribution >= 4 is 27.3 Å². The molecule has 2 rings (SSSR count). The third-order valence-corrected chi connectivity index (χ3v) is 5.57. The topological polar surface area (TPSA) is 15.3 Å². The van der Waals surface area contributed by atoms with E-state index in [-0.39, 0.29) is 0 Å². The minimum atomic E-state index is 0.586. The minimum absolute atomic E-state index is 0.586. The van der Waals surface area contributed by atoms with Gasteiger partial charge in [0.2, 0.25) is 0 Å². The fraction of sp³-hybridized carbons (Fsp3) is 0.714. The SMILES string of the molecule is CNCC1CCCN(C(C)C)C1c1cc(Br)cs1. The molecule has 0 amide bonds. The monoisotopic (exact) mass is 330 g/mol. The second-order valence-electron chi connectivity index (χ2n) is 5.40. The Bertz CT molecular complexity index is 376. The summed E-state index contributed by atoms with van der Waals surface area (Å²) in [6, 6.07) is 3.51. The van der Waals surface area contributed by atoms with Gasteiger partial charge in [-0.05, 0) is 74.7 Å². The van der Waals surface area contributed by atoms with Crippen molar-refractivity contribution in [1.82, 2.24) is 10.2 Å². The number of piperidine rings is 1. The van der Waals surface area contributed by atoms with Gasteiger partial charge in [0.15, 0.2) is 0 Å². The molecule has 2 atom stereocenters. The Kier molecular flexibility index (Phi) is 5.24. The molecule has 0 aliphatic carbocycles. The number of halogens is 1. The molecule has 1 fully saturated rings. The van der Waals surface area contributed by atoms with E-state index in [1.807, 2.05) is 11.3 Å². The van der Waals surface area contributed by atoms with Gasteiger partial charge in [-0.3, -0.25) is 4.90 Å². The van der Waals surface area contributed by atoms with E-state index in [9.17, 15) is 0 Å². The summed E-state index contributed by atoms with van der Waals surface area (Å²) in [6.45, 7) is 6.98. The summed E-state index contributed by atoms with van der Waals surface area (Å²) in [6.07, 6.45) is 2.66. The summed E-state index contributed by atoms with van der Waals surface area (Å²) >= 11 is 5.48. The molecule has 2 nitrogen and oxygen atoms in total. The molecule has 2 unspecified atom stereocenters. The predicted molar refractivity (Wildman–Crippen MR) is 83.3 cm³/mol. The molecule has 0 bridgehead atoms. The van der Waals surface area contributed by atoms with Crippen molar-refractivity contribution in [3.05, 3.63) is 20.8 Å². The zero-order valence-electron chi connectivity index (χ0n) is 11.4. The van der Waals surface area contributed by atoms with Crippen LogP contribution in [-0.2, 0) is 0 Å². The second kappa shape index (κ2) is 6.51. The third-order valence-electron chi connectivity index (χ3n) is 3.80. The first-order chi connectivity index (χ1) is 8.63. The van der Waals surface area contributed by atoms with Crippen LogP contribution >= 0.6 is 27.3 Å². The van der Waals surface area contributed by atoms with Gasteiger partial charge in [0.1, 0.15) is 0 Å². The lowest BCUT2D eigenvalue weighted by Crippen LogP contribution is -2.45. The van der Waals surface area contributed by atoms with Gasteiger partial charge in [-0.15, -0.1) is 11.3 Å². The number of likely N-dealkylation sites (tertiary alicyclic amines) is 1. The summed E-state index contributed by atoms with van der Waals surface area (Å²) in [5, 5.41) is 5.58. The molecular formula is C14H23BrN2S. The summed E-state index contributed by atoms with van der Waals surface area (Å²) in [4.78, 5) is 4.18. The van der Waals surface area contributed by atoms with E-state index in [0.717, 1.165) is 12.5 Å². The van der Waals surface area contributed by atoms with Crippen molar-refractivity contribution in [2.24, 2.45) is 5.92 Å². The average molecular weight is 331 g/mol. The van der Waals surface area contributed by atoms with Gasteiger partial charge in [-0.2, -0.15) is 0 Å². The van der Waals surface area contributed by atoms with Gasteiger partial charge in [0.25, 0.3) is 0 Å². The van der Waals surface area contributed by atoms with E-state index < -0.39 is 0 Å². The maximum Gasteiger partial charge on any atom is 0.0484 e. The Labute approximate surface area is 123 Å². The maximum absolute atomic E-state index is 3.59. The quantitative estimate of drug-likeness (QED) is 0.900. The van der Waals surface area contributed by atoms with Gasteiger partial charge in [-0.1, -0.05) is 0 Å². The lowest BCUT2D eigenvalue weighted by Gasteiger charge is -2.43. The molecule has 1 aliphatic heterocycles. The van der Waals surface area contributed by atoms with Gasteiger partial charge in [0, 0.05) is 26.8 Å². The van der Waals surface area contributed by atoms with Crippen LogP contribution in [-0.4, -0.2) is 31.1 Å². The van der Waals surface area contributed by atoms with Crippen LogP contribution in [0.5, 0.6) is 0 Å². The first-order valence-electron chi connectivity index (χ1n) is 6.77. The Morgan fingerprint density at radius 3 is 2.89 bits per heavy atom. The van der Waals surface area contributed by atoms with Gasteiger partial charge >= 0.3 is 0 Å². The molecule has 4 heteroatoms. The van der Waals surface area contributed by atoms with Crippen molar-refractivity contribution in [2.45, 2.75) is 38.8 Å². The van der Waals surface area contributed by atoms with Crippen molar-refractivity contribution in [3.8, 4) is 0 Å². The van der Waals surface area contributed by atoms with Crippen molar-refractivity contribution < 1.29 is 0 Å². The van der Waals surface area contributed by atoms with E-state index in [2.05, 4.69) is 58.5 Å². The van der Waals surface area contributed by atoms with Gasteiger partial charge in [-0.25, -0.2) is 0 Å². The molecule has 0 aromatic carbocycles. The molecule has 1 aromatic rings. The highest BCUT2D eigenvalue weighted by Crippen LogP contribution is 2.40. The fourth-order valence-corrected chi connectivity index (χ4v) is 4.70. The largest absolute Gasteiger partial charge is 0.319 e. The van der Waals surface area contributed by atoms with Crippen LogP contribution in [0.1, 0.15) is 37.6 Å². The zero-order valence-corrected chi connectivity index (χ0v) is 13.9. The third kappa shape index (κ3) is 3.16. The van der Waals surface area contributed by atoms with E-state index in [1.165, 1.54) is 28.7 Å². The van der Waals surface area contributed by atoms with Crippen LogP contribution in [0.25, 0.3) is 0 Å². The summed E-state index contributed by atoms with van der Waals surface area (Å²) < 4.78 is 1.22. The summed E-state index contributed by atoms with van der Waals surface area (Å²) in [7, 11) is 2.07. The molecule has 18 heavy (non-hydrogen) atoms. The Morgan fingerprint density at radius 1 is 1.56 bits per heavy atom. The van der Waals surface area contributed by atoms with Crippen molar-refractivity contribution in [2.75, 3.05) is 20.1 Å². The first kappa shape index (κ1) is 14.5. The minimum Gasteiger partial charge on any atom is -0.319 e. The lowest BCUT2D eigenvalue weighted by atomic mass is 9.87. The number of nitrogens with one attached hydrogen (secondary N) is 1. The van der Waals surface area contributed by atoms with Gasteiger partial charge in [0.05, 0.1) is 0 Å². The van der Waals surface area contributed by atoms with Crippen LogP contribution < -0.4 is 5.32 Å². The van der Waals surface area contributed by atoms with Crippen molar-refractivity contribution in [3.63, 3.8) is 0 Å². The molecule has 1 N–H and O–H groups in total. The van der Waals surface area contributed by atoms with Crippen molar-refractivity contribution in [1.29, 1.82) is 0 Å². The average Bonchev–Trinajstić information content (AvgIpc) is 2.75. The first-order valence-corrected chi connectivity index (χ1v) is 8.45. The highest BCUT2D eigenvalue weighted by Gasteiger charge is 2.34. The number of nitrogens with zero attached hydrogens (tertiary/aromatic N) is 1. The number of thiophene rings is 1. The molecule has 1 saturated heterocycles. The molecular weight excluding hydrogens is 308 g/mol. The number of hydrogen-bond acceptors (Lipinski definition) is 3. The highest BCUT2D eigenvalue weighted by atomic mass is 79.9. The Hall–Kier alpha value is 0.1000. The molecule has 102 valence electrons. The summed E-state index contributed by atoms with van der Waals surface area (Å²) in [5.74, 6) is 0.733. The lowest BCUT2D eigenvalue weighted by molar-refractivity contribution is 0.0658. The summed E-state index contributed by atoms with van der Waals surface area (Å²) in [5.41, 5.74) is 0. The van der Waals surface area contributed by atoms with Crippen LogP contribution in [0.2, 0.25) is 0 Å². The van der Waals surface area contributed by atoms with Gasteiger partial charge < -0.3 is 5.32 Å². The van der Waals surface area contributed by atoms with E-state index in [0.29, 0.717) is 12.1 Å². The highest BCUT2D eigenvalue weighted by molar-refractivity contribution is 9.10. The Morgan fingerprint density at radius 2 is 2.33 bits per heavy atom. The predicted octanol–water partition coefficient (Wildman–Crippen LogP) is 3.89. The maximum atomic E-state index is 3.59. The molecule has 0 spiro atoms. The number of hydrogen-bond donors (Lipinski definition) is 1. The van der Waals surface area contributed by atoms with Crippen LogP contribution in [0.15, 0.2) is 15.9 Å². The second-order valence-corrected chi connectivity index (χ2v) is 7.26. The van der Waals surface area contributed by atoms with E-state index in [1.54, 1.807) is 0 Å². The van der Waals surface area contributed by atoms with Crippen LogP contribution in [0.4, 0.5) is 0 Å².